The van der Waals surface area contributed by atoms with E-state index in [1.165, 1.54) is 5.56 Å². The van der Waals surface area contributed by atoms with Crippen molar-refractivity contribution in [2.45, 2.75) is 13.8 Å². The summed E-state index contributed by atoms with van der Waals surface area (Å²) in [5.74, 6) is -0.0693. The van der Waals surface area contributed by atoms with Crippen LogP contribution in [0.15, 0.2) is 40.9 Å². The van der Waals surface area contributed by atoms with Crippen LogP contribution in [0.25, 0.3) is 0 Å². The van der Waals surface area contributed by atoms with Crippen LogP contribution in [0.1, 0.15) is 21.5 Å². The Morgan fingerprint density at radius 2 is 1.89 bits per heavy atom. The number of ether oxygens (including phenoxy) is 1. The van der Waals surface area contributed by atoms with Crippen molar-refractivity contribution < 1.29 is 14.6 Å². The molecule has 0 fully saturated rings. The minimum absolute atomic E-state index is 0.126. The van der Waals surface area contributed by atoms with Gasteiger partial charge in [0.15, 0.2) is 0 Å². The standard InChI is InChI=1S/C15H13BrO3/c1-9-6-7-11(8-10(9)2)19-13-5-3-4-12(16)14(13)15(17)18/h3-8H,1-2H3,(H,17,18). The summed E-state index contributed by atoms with van der Waals surface area (Å²) < 4.78 is 6.18. The number of carboxylic acids is 1. The number of halogens is 1. The van der Waals surface area contributed by atoms with Gasteiger partial charge in [0, 0.05) is 4.47 Å². The number of carboxylic acid groups (broad SMARTS) is 1. The number of hydrogen-bond donors (Lipinski definition) is 1. The van der Waals surface area contributed by atoms with Crippen molar-refractivity contribution >= 4 is 21.9 Å². The molecule has 0 aliphatic rings. The molecule has 2 rings (SSSR count). The fraction of sp³-hybridized carbons (Fsp3) is 0.133. The monoisotopic (exact) mass is 320 g/mol. The molecule has 0 spiro atoms. The van der Waals surface area contributed by atoms with E-state index in [1.54, 1.807) is 18.2 Å². The van der Waals surface area contributed by atoms with Crippen molar-refractivity contribution in [3.63, 3.8) is 0 Å². The fourth-order valence-electron chi connectivity index (χ4n) is 1.70. The molecule has 3 nitrogen and oxygen atoms in total. The highest BCUT2D eigenvalue weighted by molar-refractivity contribution is 9.10. The molecule has 0 radical (unpaired) electrons. The Balaban J connectivity index is 2.40. The molecular weight excluding hydrogens is 308 g/mol. The van der Waals surface area contributed by atoms with Crippen molar-refractivity contribution in [3.05, 3.63) is 57.6 Å². The van der Waals surface area contributed by atoms with Crippen molar-refractivity contribution in [3.8, 4) is 11.5 Å². The van der Waals surface area contributed by atoms with Gasteiger partial charge in [-0.2, -0.15) is 0 Å². The van der Waals surface area contributed by atoms with Gasteiger partial charge in [0.2, 0.25) is 0 Å². The first kappa shape index (κ1) is 13.6. The van der Waals surface area contributed by atoms with Crippen molar-refractivity contribution in [2.75, 3.05) is 0 Å². The maximum Gasteiger partial charge on any atom is 0.340 e. The molecule has 0 aliphatic carbocycles. The van der Waals surface area contributed by atoms with Gasteiger partial charge in [0.1, 0.15) is 17.1 Å². The number of carbonyl (C=O) groups is 1. The van der Waals surface area contributed by atoms with E-state index in [-0.39, 0.29) is 5.56 Å². The van der Waals surface area contributed by atoms with Gasteiger partial charge in [-0.1, -0.05) is 12.1 Å². The van der Waals surface area contributed by atoms with Crippen LogP contribution in [0.5, 0.6) is 11.5 Å². The van der Waals surface area contributed by atoms with E-state index in [1.807, 2.05) is 32.0 Å². The van der Waals surface area contributed by atoms with Gasteiger partial charge in [-0.05, 0) is 65.2 Å². The van der Waals surface area contributed by atoms with E-state index in [2.05, 4.69) is 15.9 Å². The first-order valence-corrected chi connectivity index (χ1v) is 6.55. The molecule has 0 atom stereocenters. The molecule has 19 heavy (non-hydrogen) atoms. The molecule has 0 bridgehead atoms. The number of aryl methyl sites for hydroxylation is 2. The maximum absolute atomic E-state index is 11.2. The van der Waals surface area contributed by atoms with Crippen LogP contribution in [-0.4, -0.2) is 11.1 Å². The maximum atomic E-state index is 11.2. The van der Waals surface area contributed by atoms with Gasteiger partial charge >= 0.3 is 5.97 Å². The second kappa shape index (κ2) is 5.45. The average Bonchev–Trinajstić information content (AvgIpc) is 2.33. The SMILES string of the molecule is Cc1ccc(Oc2cccc(Br)c2C(=O)O)cc1C. The Morgan fingerprint density at radius 3 is 2.53 bits per heavy atom. The van der Waals surface area contributed by atoms with E-state index in [0.717, 1.165) is 5.56 Å². The van der Waals surface area contributed by atoms with Crippen LogP contribution in [0.2, 0.25) is 0 Å². The van der Waals surface area contributed by atoms with E-state index in [4.69, 9.17) is 4.74 Å². The van der Waals surface area contributed by atoms with Crippen molar-refractivity contribution in [2.24, 2.45) is 0 Å². The van der Waals surface area contributed by atoms with Gasteiger partial charge in [-0.15, -0.1) is 0 Å². The van der Waals surface area contributed by atoms with Crippen LogP contribution < -0.4 is 4.74 Å². The second-order valence-corrected chi connectivity index (χ2v) is 5.12. The highest BCUT2D eigenvalue weighted by Crippen LogP contribution is 2.31. The van der Waals surface area contributed by atoms with E-state index >= 15 is 0 Å². The summed E-state index contributed by atoms with van der Waals surface area (Å²) in [4.78, 5) is 11.2. The minimum Gasteiger partial charge on any atom is -0.478 e. The lowest BCUT2D eigenvalue weighted by Gasteiger charge is -2.11. The summed E-state index contributed by atoms with van der Waals surface area (Å²) in [6.45, 7) is 4.00. The van der Waals surface area contributed by atoms with Crippen molar-refractivity contribution in [1.29, 1.82) is 0 Å². The number of benzene rings is 2. The van der Waals surface area contributed by atoms with Gasteiger partial charge in [-0.25, -0.2) is 4.79 Å². The second-order valence-electron chi connectivity index (χ2n) is 4.27. The summed E-state index contributed by atoms with van der Waals surface area (Å²) in [5.41, 5.74) is 2.39. The number of aromatic carboxylic acids is 1. The van der Waals surface area contributed by atoms with Crippen molar-refractivity contribution in [1.82, 2.24) is 0 Å². The lowest BCUT2D eigenvalue weighted by molar-refractivity contribution is 0.0693. The third kappa shape index (κ3) is 2.96. The Hall–Kier alpha value is -1.81. The molecule has 1 N–H and O–H groups in total. The lowest BCUT2D eigenvalue weighted by Crippen LogP contribution is -2.01. The highest BCUT2D eigenvalue weighted by Gasteiger charge is 2.15. The first-order chi connectivity index (χ1) is 8.99. The predicted molar refractivity (Wildman–Crippen MR) is 77.1 cm³/mol. The summed E-state index contributed by atoms with van der Waals surface area (Å²) in [5, 5.41) is 9.21. The van der Waals surface area contributed by atoms with E-state index in [0.29, 0.717) is 16.0 Å². The van der Waals surface area contributed by atoms with E-state index in [9.17, 15) is 9.90 Å². The number of hydrogen-bond acceptors (Lipinski definition) is 2. The zero-order chi connectivity index (χ0) is 14.0. The summed E-state index contributed by atoms with van der Waals surface area (Å²) in [6, 6.07) is 10.7. The summed E-state index contributed by atoms with van der Waals surface area (Å²) in [6.07, 6.45) is 0. The molecule has 2 aromatic carbocycles. The van der Waals surface area contributed by atoms with Crippen LogP contribution >= 0.6 is 15.9 Å². The van der Waals surface area contributed by atoms with Gasteiger partial charge < -0.3 is 9.84 Å². The molecule has 0 saturated carbocycles. The van der Waals surface area contributed by atoms with Crippen LogP contribution in [0.4, 0.5) is 0 Å². The quantitative estimate of drug-likeness (QED) is 0.902. The zero-order valence-corrected chi connectivity index (χ0v) is 12.2. The zero-order valence-electron chi connectivity index (χ0n) is 10.6. The molecule has 0 saturated heterocycles. The molecule has 2 aromatic rings. The molecule has 0 heterocycles. The Bertz CT molecular complexity index is 635. The summed E-state index contributed by atoms with van der Waals surface area (Å²) in [7, 11) is 0. The number of rotatable bonds is 3. The van der Waals surface area contributed by atoms with Gasteiger partial charge in [0.25, 0.3) is 0 Å². The fourth-order valence-corrected chi connectivity index (χ4v) is 2.22. The minimum atomic E-state index is -1.02. The Kier molecular flexibility index (Phi) is 3.90. The predicted octanol–water partition coefficient (Wildman–Crippen LogP) is 4.56. The lowest BCUT2D eigenvalue weighted by atomic mass is 10.1. The summed E-state index contributed by atoms with van der Waals surface area (Å²) >= 11 is 3.23. The molecule has 0 amide bonds. The average molecular weight is 321 g/mol. The third-order valence-electron chi connectivity index (χ3n) is 2.90. The topological polar surface area (TPSA) is 46.5 Å². The molecule has 4 heteroatoms. The normalized spacial score (nSPS) is 10.3. The van der Waals surface area contributed by atoms with Gasteiger partial charge in [0.05, 0.1) is 0 Å². The molecule has 0 aliphatic heterocycles. The molecule has 0 aromatic heterocycles. The van der Waals surface area contributed by atoms with Crippen LogP contribution in [0, 0.1) is 13.8 Å². The van der Waals surface area contributed by atoms with Gasteiger partial charge in [-0.3, -0.25) is 0 Å². The third-order valence-corrected chi connectivity index (χ3v) is 3.56. The highest BCUT2D eigenvalue weighted by atomic mass is 79.9. The largest absolute Gasteiger partial charge is 0.478 e. The smallest absolute Gasteiger partial charge is 0.340 e. The Labute approximate surface area is 120 Å². The first-order valence-electron chi connectivity index (χ1n) is 5.76. The van der Waals surface area contributed by atoms with Crippen LogP contribution in [0.3, 0.4) is 0 Å². The molecule has 98 valence electrons. The Morgan fingerprint density at radius 1 is 1.16 bits per heavy atom. The van der Waals surface area contributed by atoms with E-state index < -0.39 is 5.97 Å². The molecule has 0 unspecified atom stereocenters. The van der Waals surface area contributed by atoms with Crippen LogP contribution in [-0.2, 0) is 0 Å². The molecular formula is C15H13BrO3.